The van der Waals surface area contributed by atoms with Crippen LogP contribution < -0.4 is 5.32 Å². The van der Waals surface area contributed by atoms with Crippen LogP contribution in [-0.4, -0.2) is 21.4 Å². The van der Waals surface area contributed by atoms with Crippen LogP contribution >= 0.6 is 11.6 Å². The second kappa shape index (κ2) is 6.49. The van der Waals surface area contributed by atoms with Gasteiger partial charge in [-0.25, -0.2) is 9.97 Å². The smallest absolute Gasteiger partial charge is 0.348 e. The molecule has 0 atom stereocenters. The van der Waals surface area contributed by atoms with Gasteiger partial charge in [-0.05, 0) is 12.3 Å². The molecule has 1 aromatic heterocycles. The van der Waals surface area contributed by atoms with E-state index in [4.69, 9.17) is 11.6 Å². The number of aryl methyl sites for hydroxylation is 1. The standard InChI is InChI=1S/C11H17ClN4O2/c1-4-5-8-14-10(12)9(16(17)18)11(15-8)13-6-7(2)3/h7H,4-6H2,1-3H3,(H,13,14,15). The number of nitro groups is 1. The maximum atomic E-state index is 11.0. The van der Waals surface area contributed by atoms with Crippen molar-refractivity contribution in [3.63, 3.8) is 0 Å². The lowest BCUT2D eigenvalue weighted by atomic mass is 10.2. The Bertz CT molecular complexity index is 437. The minimum atomic E-state index is -0.555. The first-order valence-corrected chi connectivity index (χ1v) is 6.28. The summed E-state index contributed by atoms with van der Waals surface area (Å²) < 4.78 is 0. The topological polar surface area (TPSA) is 81.0 Å². The van der Waals surface area contributed by atoms with Crippen molar-refractivity contribution < 1.29 is 4.92 Å². The highest BCUT2D eigenvalue weighted by Crippen LogP contribution is 2.29. The quantitative estimate of drug-likeness (QED) is 0.489. The zero-order chi connectivity index (χ0) is 13.7. The van der Waals surface area contributed by atoms with Crippen LogP contribution in [0.5, 0.6) is 0 Å². The number of rotatable bonds is 6. The van der Waals surface area contributed by atoms with Crippen molar-refractivity contribution in [2.24, 2.45) is 5.92 Å². The van der Waals surface area contributed by atoms with E-state index in [-0.39, 0.29) is 16.7 Å². The van der Waals surface area contributed by atoms with E-state index >= 15 is 0 Å². The van der Waals surface area contributed by atoms with Gasteiger partial charge in [0.15, 0.2) is 0 Å². The predicted octanol–water partition coefficient (Wildman–Crippen LogP) is 3.06. The average Bonchev–Trinajstić information content (AvgIpc) is 2.25. The molecule has 1 aromatic rings. The molecule has 0 unspecified atom stereocenters. The normalized spacial score (nSPS) is 10.7. The Balaban J connectivity index is 3.11. The number of aromatic nitrogens is 2. The van der Waals surface area contributed by atoms with Crippen LogP contribution in [-0.2, 0) is 6.42 Å². The third kappa shape index (κ3) is 3.80. The minimum Gasteiger partial charge on any atom is -0.364 e. The lowest BCUT2D eigenvalue weighted by Crippen LogP contribution is -2.13. The van der Waals surface area contributed by atoms with E-state index in [1.54, 1.807) is 0 Å². The minimum absolute atomic E-state index is 0.107. The zero-order valence-electron chi connectivity index (χ0n) is 10.7. The third-order valence-corrected chi connectivity index (χ3v) is 2.49. The molecule has 0 saturated carbocycles. The SMILES string of the molecule is CCCc1nc(Cl)c([N+](=O)[O-])c(NCC(C)C)n1. The number of nitrogens with one attached hydrogen (secondary N) is 1. The number of hydrogen-bond donors (Lipinski definition) is 1. The maximum absolute atomic E-state index is 11.0. The molecule has 0 aliphatic rings. The van der Waals surface area contributed by atoms with Crippen LogP contribution in [0.15, 0.2) is 0 Å². The van der Waals surface area contributed by atoms with E-state index in [0.717, 1.165) is 6.42 Å². The second-order valence-corrected chi connectivity index (χ2v) is 4.77. The molecule has 0 aromatic carbocycles. The average molecular weight is 273 g/mol. The maximum Gasteiger partial charge on any atom is 0.348 e. The summed E-state index contributed by atoms with van der Waals surface area (Å²) in [7, 11) is 0. The Hall–Kier alpha value is -1.43. The van der Waals surface area contributed by atoms with Gasteiger partial charge in [-0.3, -0.25) is 10.1 Å². The summed E-state index contributed by atoms with van der Waals surface area (Å²) in [4.78, 5) is 18.5. The molecule has 1 heterocycles. The fourth-order valence-electron chi connectivity index (χ4n) is 1.39. The van der Waals surface area contributed by atoms with Gasteiger partial charge in [-0.15, -0.1) is 0 Å². The molecule has 100 valence electrons. The summed E-state index contributed by atoms with van der Waals surface area (Å²) >= 11 is 5.85. The molecule has 1 rings (SSSR count). The Morgan fingerprint density at radius 3 is 2.61 bits per heavy atom. The summed E-state index contributed by atoms with van der Waals surface area (Å²) in [5, 5.41) is 13.8. The van der Waals surface area contributed by atoms with Crippen molar-refractivity contribution in [2.45, 2.75) is 33.6 Å². The number of nitrogens with zero attached hydrogens (tertiary/aromatic N) is 3. The highest BCUT2D eigenvalue weighted by molar-refractivity contribution is 6.31. The molecule has 0 aliphatic carbocycles. The molecule has 6 nitrogen and oxygen atoms in total. The predicted molar refractivity (Wildman–Crippen MR) is 71.0 cm³/mol. The zero-order valence-corrected chi connectivity index (χ0v) is 11.5. The highest BCUT2D eigenvalue weighted by Gasteiger charge is 2.23. The van der Waals surface area contributed by atoms with Crippen molar-refractivity contribution in [1.82, 2.24) is 9.97 Å². The van der Waals surface area contributed by atoms with Crippen molar-refractivity contribution in [3.8, 4) is 0 Å². The third-order valence-electron chi connectivity index (χ3n) is 2.22. The number of anilines is 1. The Kier molecular flexibility index (Phi) is 5.27. The van der Waals surface area contributed by atoms with Gasteiger partial charge < -0.3 is 5.32 Å². The summed E-state index contributed by atoms with van der Waals surface area (Å²) in [6.45, 7) is 6.60. The van der Waals surface area contributed by atoms with Crippen molar-refractivity contribution in [3.05, 3.63) is 21.1 Å². The van der Waals surface area contributed by atoms with Gasteiger partial charge in [-0.1, -0.05) is 32.4 Å². The molecule has 0 amide bonds. The van der Waals surface area contributed by atoms with E-state index in [9.17, 15) is 10.1 Å². The van der Waals surface area contributed by atoms with Crippen molar-refractivity contribution in [1.29, 1.82) is 0 Å². The monoisotopic (exact) mass is 272 g/mol. The van der Waals surface area contributed by atoms with E-state index in [0.29, 0.717) is 24.7 Å². The molecule has 0 bridgehead atoms. The Labute approximate surface area is 111 Å². The molecule has 7 heteroatoms. The molecular formula is C11H17ClN4O2. The first-order valence-electron chi connectivity index (χ1n) is 5.90. The summed E-state index contributed by atoms with van der Waals surface area (Å²) in [5.41, 5.74) is -0.253. The van der Waals surface area contributed by atoms with Crippen LogP contribution in [0.3, 0.4) is 0 Å². The van der Waals surface area contributed by atoms with Gasteiger partial charge in [0.25, 0.3) is 0 Å². The molecule has 0 aliphatic heterocycles. The molecule has 0 radical (unpaired) electrons. The van der Waals surface area contributed by atoms with E-state index < -0.39 is 4.92 Å². The van der Waals surface area contributed by atoms with E-state index in [1.807, 2.05) is 20.8 Å². The van der Waals surface area contributed by atoms with E-state index in [1.165, 1.54) is 0 Å². The van der Waals surface area contributed by atoms with E-state index in [2.05, 4.69) is 15.3 Å². The summed E-state index contributed by atoms with van der Waals surface area (Å²) in [5.74, 6) is 1.09. The molecule has 0 saturated heterocycles. The van der Waals surface area contributed by atoms with Gasteiger partial charge in [0, 0.05) is 13.0 Å². The summed E-state index contributed by atoms with van der Waals surface area (Å²) in [6.07, 6.45) is 1.51. The second-order valence-electron chi connectivity index (χ2n) is 4.41. The highest BCUT2D eigenvalue weighted by atomic mass is 35.5. The number of halogens is 1. The lowest BCUT2D eigenvalue weighted by molar-refractivity contribution is -0.384. The van der Waals surface area contributed by atoms with Crippen LogP contribution in [0.2, 0.25) is 5.15 Å². The van der Waals surface area contributed by atoms with Crippen LogP contribution in [0.4, 0.5) is 11.5 Å². The van der Waals surface area contributed by atoms with Gasteiger partial charge in [0.1, 0.15) is 5.82 Å². The fourth-order valence-corrected chi connectivity index (χ4v) is 1.65. The van der Waals surface area contributed by atoms with Gasteiger partial charge >= 0.3 is 5.69 Å². The Morgan fingerprint density at radius 2 is 2.11 bits per heavy atom. The Morgan fingerprint density at radius 1 is 1.44 bits per heavy atom. The molecule has 0 spiro atoms. The molecule has 18 heavy (non-hydrogen) atoms. The number of hydrogen-bond acceptors (Lipinski definition) is 5. The summed E-state index contributed by atoms with van der Waals surface area (Å²) in [6, 6.07) is 0. The van der Waals surface area contributed by atoms with Crippen molar-refractivity contribution in [2.75, 3.05) is 11.9 Å². The van der Waals surface area contributed by atoms with Crippen LogP contribution in [0.1, 0.15) is 33.0 Å². The van der Waals surface area contributed by atoms with Crippen LogP contribution in [0.25, 0.3) is 0 Å². The largest absolute Gasteiger partial charge is 0.364 e. The lowest BCUT2D eigenvalue weighted by Gasteiger charge is -2.10. The first kappa shape index (κ1) is 14.6. The first-order chi connectivity index (χ1) is 8.45. The molecular weight excluding hydrogens is 256 g/mol. The van der Waals surface area contributed by atoms with Gasteiger partial charge in [-0.2, -0.15) is 0 Å². The fraction of sp³-hybridized carbons (Fsp3) is 0.636. The molecule has 1 N–H and O–H groups in total. The van der Waals surface area contributed by atoms with Crippen molar-refractivity contribution >= 4 is 23.1 Å². The van der Waals surface area contributed by atoms with Gasteiger partial charge in [0.2, 0.25) is 11.0 Å². The van der Waals surface area contributed by atoms with Gasteiger partial charge in [0.05, 0.1) is 4.92 Å². The molecule has 0 fully saturated rings. The van der Waals surface area contributed by atoms with Crippen LogP contribution in [0, 0.1) is 16.0 Å².